The molecule has 1 aliphatic carbocycles. The van der Waals surface area contributed by atoms with Gasteiger partial charge >= 0.3 is 6.09 Å². The lowest BCUT2D eigenvalue weighted by molar-refractivity contribution is 0.104. The molecule has 98 valence electrons. The molecule has 2 heterocycles. The molecular weight excluding hydrogens is 232 g/mol. The number of piperidine rings is 1. The minimum Gasteiger partial charge on any atom is -0.449 e. The van der Waals surface area contributed by atoms with E-state index in [1.165, 1.54) is 0 Å². The molecule has 0 bridgehead atoms. The van der Waals surface area contributed by atoms with Gasteiger partial charge in [0.15, 0.2) is 0 Å². The van der Waals surface area contributed by atoms with Crippen LogP contribution >= 0.6 is 0 Å². The van der Waals surface area contributed by atoms with Crippen molar-refractivity contribution < 1.29 is 9.53 Å². The zero-order valence-corrected chi connectivity index (χ0v) is 10.5. The van der Waals surface area contributed by atoms with Gasteiger partial charge in [-0.1, -0.05) is 13.3 Å². The summed E-state index contributed by atoms with van der Waals surface area (Å²) < 4.78 is 7.27. The number of aromatic nitrogens is 3. The van der Waals surface area contributed by atoms with Crippen molar-refractivity contribution in [1.29, 1.82) is 0 Å². The molecule has 6 nitrogen and oxygen atoms in total. The Bertz CT molecular complexity index is 408. The summed E-state index contributed by atoms with van der Waals surface area (Å²) in [7, 11) is 0. The number of rotatable bonds is 4. The van der Waals surface area contributed by atoms with Crippen molar-refractivity contribution in [3.05, 3.63) is 12.7 Å². The lowest BCUT2D eigenvalue weighted by Crippen LogP contribution is -2.32. The molecule has 0 radical (unpaired) electrons. The number of fused-ring (bicyclic) bond motifs is 1. The van der Waals surface area contributed by atoms with Gasteiger partial charge in [0.25, 0.3) is 0 Å². The largest absolute Gasteiger partial charge is 0.449 e. The molecule has 3 atom stereocenters. The fourth-order valence-corrected chi connectivity index (χ4v) is 2.84. The van der Waals surface area contributed by atoms with Crippen LogP contribution in [-0.2, 0) is 4.74 Å². The second kappa shape index (κ2) is 4.59. The molecule has 1 saturated heterocycles. The normalized spacial score (nSPS) is 29.2. The number of carbonyl (C=O) groups is 1. The van der Waals surface area contributed by atoms with Crippen LogP contribution in [0.2, 0.25) is 0 Å². The first kappa shape index (κ1) is 11.5. The van der Waals surface area contributed by atoms with Gasteiger partial charge in [0.1, 0.15) is 12.7 Å². The molecule has 2 aliphatic rings. The van der Waals surface area contributed by atoms with Crippen molar-refractivity contribution in [2.24, 2.45) is 11.8 Å². The standard InChI is InChI=1S/C12H18N4O2/c1-2-3-4-18-12(17)15-5-9-10(6-15)11(9)16-7-13-14-8-16/h7-11H,2-6H2,1H3/t9-,10+,11+. The first-order valence-electron chi connectivity index (χ1n) is 6.57. The summed E-state index contributed by atoms with van der Waals surface area (Å²) >= 11 is 0. The SMILES string of the molecule is CCCCOC(=O)N1C[C@@H]2[C@H](C1)[C@H]2n1cnnc1. The van der Waals surface area contributed by atoms with Gasteiger partial charge in [0.2, 0.25) is 0 Å². The second-order valence-electron chi connectivity index (χ2n) is 5.10. The van der Waals surface area contributed by atoms with Gasteiger partial charge < -0.3 is 14.2 Å². The summed E-state index contributed by atoms with van der Waals surface area (Å²) in [4.78, 5) is 13.6. The molecule has 1 amide bonds. The lowest BCUT2D eigenvalue weighted by Gasteiger charge is -2.19. The van der Waals surface area contributed by atoms with E-state index in [1.807, 2.05) is 4.90 Å². The van der Waals surface area contributed by atoms with Crippen molar-refractivity contribution in [3.8, 4) is 0 Å². The minimum atomic E-state index is -0.154. The molecule has 1 saturated carbocycles. The molecule has 0 N–H and O–H groups in total. The number of hydrogen-bond acceptors (Lipinski definition) is 4. The Morgan fingerprint density at radius 1 is 1.33 bits per heavy atom. The smallest absolute Gasteiger partial charge is 0.409 e. The van der Waals surface area contributed by atoms with Crippen LogP contribution in [0.25, 0.3) is 0 Å². The molecule has 6 heteroatoms. The monoisotopic (exact) mass is 250 g/mol. The van der Waals surface area contributed by atoms with E-state index in [0.29, 0.717) is 24.5 Å². The van der Waals surface area contributed by atoms with Crippen molar-refractivity contribution >= 4 is 6.09 Å². The maximum Gasteiger partial charge on any atom is 0.409 e. The molecule has 3 rings (SSSR count). The quantitative estimate of drug-likeness (QED) is 0.756. The predicted octanol–water partition coefficient (Wildman–Crippen LogP) is 1.32. The third-order valence-corrected chi connectivity index (χ3v) is 3.91. The van der Waals surface area contributed by atoms with E-state index in [9.17, 15) is 4.79 Å². The van der Waals surface area contributed by atoms with Crippen LogP contribution in [0, 0.1) is 11.8 Å². The van der Waals surface area contributed by atoms with E-state index < -0.39 is 0 Å². The predicted molar refractivity (Wildman–Crippen MR) is 63.9 cm³/mol. The van der Waals surface area contributed by atoms with Crippen LogP contribution in [0.3, 0.4) is 0 Å². The maximum absolute atomic E-state index is 11.8. The summed E-state index contributed by atoms with van der Waals surface area (Å²) in [5, 5.41) is 7.64. The number of hydrogen-bond donors (Lipinski definition) is 0. The zero-order valence-electron chi connectivity index (χ0n) is 10.5. The van der Waals surface area contributed by atoms with Gasteiger partial charge in [0, 0.05) is 31.0 Å². The van der Waals surface area contributed by atoms with Gasteiger partial charge in [-0.25, -0.2) is 4.79 Å². The number of ether oxygens (including phenoxy) is 1. The van der Waals surface area contributed by atoms with Crippen LogP contribution in [-0.4, -0.2) is 45.5 Å². The van der Waals surface area contributed by atoms with Crippen molar-refractivity contribution in [2.75, 3.05) is 19.7 Å². The average molecular weight is 250 g/mol. The van der Waals surface area contributed by atoms with Crippen molar-refractivity contribution in [3.63, 3.8) is 0 Å². The molecule has 0 spiro atoms. The first-order chi connectivity index (χ1) is 8.81. The molecular formula is C12H18N4O2. The number of nitrogens with zero attached hydrogens (tertiary/aromatic N) is 4. The van der Waals surface area contributed by atoms with Gasteiger partial charge in [-0.15, -0.1) is 10.2 Å². The summed E-state index contributed by atoms with van der Waals surface area (Å²) in [6.45, 7) is 4.23. The van der Waals surface area contributed by atoms with Crippen LogP contribution in [0.4, 0.5) is 4.79 Å². The first-order valence-corrected chi connectivity index (χ1v) is 6.57. The van der Waals surface area contributed by atoms with E-state index in [2.05, 4.69) is 21.7 Å². The third-order valence-electron chi connectivity index (χ3n) is 3.91. The van der Waals surface area contributed by atoms with Crippen LogP contribution < -0.4 is 0 Å². The van der Waals surface area contributed by atoms with E-state index in [4.69, 9.17) is 4.74 Å². The van der Waals surface area contributed by atoms with Crippen LogP contribution in [0.1, 0.15) is 25.8 Å². The highest BCUT2D eigenvalue weighted by Gasteiger charge is 2.58. The Kier molecular flexibility index (Phi) is 2.93. The highest BCUT2D eigenvalue weighted by molar-refractivity contribution is 5.68. The Morgan fingerprint density at radius 2 is 2.00 bits per heavy atom. The molecule has 1 aromatic heterocycles. The molecule has 0 unspecified atom stereocenters. The fourth-order valence-electron chi connectivity index (χ4n) is 2.84. The Labute approximate surface area is 106 Å². The minimum absolute atomic E-state index is 0.154. The number of carbonyl (C=O) groups excluding carboxylic acids is 1. The summed E-state index contributed by atoms with van der Waals surface area (Å²) in [5.41, 5.74) is 0. The second-order valence-corrected chi connectivity index (χ2v) is 5.10. The number of unbranched alkanes of at least 4 members (excludes halogenated alkanes) is 1. The van der Waals surface area contributed by atoms with Crippen LogP contribution in [0.15, 0.2) is 12.7 Å². The summed E-state index contributed by atoms with van der Waals surface area (Å²) in [5.74, 6) is 1.11. The zero-order chi connectivity index (χ0) is 12.5. The van der Waals surface area contributed by atoms with E-state index in [-0.39, 0.29) is 6.09 Å². The fraction of sp³-hybridized carbons (Fsp3) is 0.750. The molecule has 2 fully saturated rings. The molecule has 18 heavy (non-hydrogen) atoms. The van der Waals surface area contributed by atoms with Gasteiger partial charge in [-0.05, 0) is 6.42 Å². The van der Waals surface area contributed by atoms with Crippen LogP contribution in [0.5, 0.6) is 0 Å². The molecule has 0 aromatic carbocycles. The van der Waals surface area contributed by atoms with Gasteiger partial charge in [-0.3, -0.25) is 0 Å². The lowest BCUT2D eigenvalue weighted by atomic mass is 10.4. The topological polar surface area (TPSA) is 60.2 Å². The Morgan fingerprint density at radius 3 is 2.61 bits per heavy atom. The average Bonchev–Trinajstić information content (AvgIpc) is 2.82. The Balaban J connectivity index is 1.47. The number of amides is 1. The molecule has 1 aromatic rings. The summed E-state index contributed by atoms with van der Waals surface area (Å²) in [6.07, 6.45) is 5.35. The van der Waals surface area contributed by atoms with Crippen molar-refractivity contribution in [1.82, 2.24) is 19.7 Å². The van der Waals surface area contributed by atoms with E-state index in [1.54, 1.807) is 12.7 Å². The molecule has 1 aliphatic heterocycles. The van der Waals surface area contributed by atoms with Crippen molar-refractivity contribution in [2.45, 2.75) is 25.8 Å². The van der Waals surface area contributed by atoms with E-state index >= 15 is 0 Å². The Hall–Kier alpha value is -1.59. The third kappa shape index (κ3) is 1.95. The maximum atomic E-state index is 11.8. The highest BCUT2D eigenvalue weighted by atomic mass is 16.6. The van der Waals surface area contributed by atoms with Gasteiger partial charge in [0.05, 0.1) is 6.61 Å². The van der Waals surface area contributed by atoms with Gasteiger partial charge in [-0.2, -0.15) is 0 Å². The summed E-state index contributed by atoms with van der Waals surface area (Å²) in [6, 6.07) is 0.486. The highest BCUT2D eigenvalue weighted by Crippen LogP contribution is 2.55. The van der Waals surface area contributed by atoms with E-state index in [0.717, 1.165) is 25.9 Å². The number of likely N-dealkylation sites (tertiary alicyclic amines) is 1.